The van der Waals surface area contributed by atoms with Crippen LogP contribution >= 0.6 is 0 Å². The van der Waals surface area contributed by atoms with Gasteiger partial charge in [0.1, 0.15) is 23.0 Å². The topological polar surface area (TPSA) is 104 Å². The molecule has 1 fully saturated rings. The first-order chi connectivity index (χ1) is 22.8. The number of hydrogen-bond acceptors (Lipinski definition) is 10. The highest BCUT2D eigenvalue weighted by atomic mass is 16.6. The van der Waals surface area contributed by atoms with Crippen LogP contribution in [0.4, 0.5) is 0 Å². The van der Waals surface area contributed by atoms with E-state index in [2.05, 4.69) is 16.7 Å². The van der Waals surface area contributed by atoms with Gasteiger partial charge < -0.3 is 33.5 Å². The van der Waals surface area contributed by atoms with Crippen molar-refractivity contribution in [2.75, 3.05) is 39.3 Å². The Balaban J connectivity index is 1.41. The molecule has 2 aromatic rings. The van der Waals surface area contributed by atoms with Crippen LogP contribution in [0.1, 0.15) is 84.5 Å². The second-order valence-corrected chi connectivity index (χ2v) is 13.7. The van der Waals surface area contributed by atoms with Crippen LogP contribution < -0.4 is 18.9 Å². The molecule has 0 saturated carbocycles. The summed E-state index contributed by atoms with van der Waals surface area (Å²) in [7, 11) is 0. The van der Waals surface area contributed by atoms with Crippen molar-refractivity contribution < 1.29 is 38.1 Å². The monoisotopic (exact) mass is 664 g/mol. The minimum Gasteiger partial charge on any atom is -0.490 e. The number of esters is 3. The third-order valence-corrected chi connectivity index (χ3v) is 10.5. The zero-order valence-electron chi connectivity index (χ0n) is 30.2. The first kappa shape index (κ1) is 35.7. The first-order valence-electron chi connectivity index (χ1n) is 17.5. The summed E-state index contributed by atoms with van der Waals surface area (Å²) in [5.74, 6) is -0.525. The number of ether oxygens (including phenoxy) is 5. The molecular weight excluding hydrogens is 612 g/mol. The predicted octanol–water partition coefficient (Wildman–Crippen LogP) is 5.41. The number of rotatable bonds is 9. The zero-order chi connectivity index (χ0) is 34.9. The molecule has 3 aliphatic heterocycles. The molecule has 3 atom stereocenters. The maximum Gasteiger partial charge on any atom is 0.364 e. The van der Waals surface area contributed by atoms with Crippen molar-refractivity contribution in [1.82, 2.24) is 9.80 Å². The van der Waals surface area contributed by atoms with Crippen LogP contribution in [0.15, 0.2) is 0 Å². The van der Waals surface area contributed by atoms with Gasteiger partial charge in [0.15, 0.2) is 0 Å². The lowest BCUT2D eigenvalue weighted by atomic mass is 9.91. The molecular formula is C38H52N2O8. The molecule has 0 N–H and O–H groups in total. The van der Waals surface area contributed by atoms with Gasteiger partial charge in [-0.1, -0.05) is 6.92 Å². The van der Waals surface area contributed by atoms with Crippen LogP contribution in [-0.2, 0) is 32.0 Å². The Bertz CT molecular complexity index is 1580. The number of benzene rings is 2. The van der Waals surface area contributed by atoms with E-state index in [-0.39, 0.29) is 18.6 Å². The average molecular weight is 665 g/mol. The number of piperazine rings is 1. The van der Waals surface area contributed by atoms with Gasteiger partial charge in [-0.2, -0.15) is 0 Å². The maximum absolute atomic E-state index is 13.9. The molecule has 0 bridgehead atoms. The van der Waals surface area contributed by atoms with E-state index < -0.39 is 24.0 Å². The first-order valence-corrected chi connectivity index (χ1v) is 17.5. The summed E-state index contributed by atoms with van der Waals surface area (Å²) in [6.07, 6.45) is 1.59. The number of carbonyl (C=O) groups excluding carboxylic acids is 3. The van der Waals surface area contributed by atoms with Gasteiger partial charge in [0.2, 0.25) is 0 Å². The van der Waals surface area contributed by atoms with Crippen molar-refractivity contribution in [3.8, 4) is 23.0 Å². The van der Waals surface area contributed by atoms with Gasteiger partial charge >= 0.3 is 17.9 Å². The Kier molecular flexibility index (Phi) is 11.0. The summed E-state index contributed by atoms with van der Waals surface area (Å²) in [4.78, 5) is 45.7. The van der Waals surface area contributed by atoms with Crippen molar-refractivity contribution >= 4 is 17.9 Å². The number of fused-ring (bicyclic) bond motifs is 2. The van der Waals surface area contributed by atoms with E-state index >= 15 is 0 Å². The molecule has 2 aromatic carbocycles. The Labute approximate surface area is 285 Å². The van der Waals surface area contributed by atoms with Crippen LogP contribution in [0.3, 0.4) is 0 Å². The smallest absolute Gasteiger partial charge is 0.364 e. The van der Waals surface area contributed by atoms with Crippen molar-refractivity contribution in [1.29, 1.82) is 0 Å². The number of hydrogen-bond donors (Lipinski definition) is 0. The van der Waals surface area contributed by atoms with Gasteiger partial charge in [-0.05, 0) is 121 Å². The van der Waals surface area contributed by atoms with Crippen molar-refractivity contribution in [3.63, 3.8) is 0 Å². The van der Waals surface area contributed by atoms with Crippen LogP contribution in [0.25, 0.3) is 0 Å². The van der Waals surface area contributed by atoms with Crippen molar-refractivity contribution in [2.45, 2.75) is 113 Å². The van der Waals surface area contributed by atoms with E-state index in [1.54, 1.807) is 0 Å². The largest absolute Gasteiger partial charge is 0.490 e. The number of nitrogens with zero attached hydrogens (tertiary/aromatic N) is 2. The summed E-state index contributed by atoms with van der Waals surface area (Å²) < 4.78 is 29.9. The molecule has 5 rings (SSSR count). The molecule has 3 unspecified atom stereocenters. The van der Waals surface area contributed by atoms with Crippen molar-refractivity contribution in [2.24, 2.45) is 0 Å². The molecule has 3 aliphatic rings. The van der Waals surface area contributed by atoms with Crippen molar-refractivity contribution in [3.05, 3.63) is 44.5 Å². The summed E-state index contributed by atoms with van der Waals surface area (Å²) in [6, 6.07) is 0. The third-order valence-electron chi connectivity index (χ3n) is 10.5. The van der Waals surface area contributed by atoms with Gasteiger partial charge in [-0.25, -0.2) is 9.59 Å². The Morgan fingerprint density at radius 3 is 1.73 bits per heavy atom. The number of likely N-dealkylation sites (N-methyl/N-ethyl adjacent to an activating group) is 1. The molecule has 1 saturated heterocycles. The molecule has 262 valence electrons. The quantitative estimate of drug-likeness (QED) is 0.196. The van der Waals surface area contributed by atoms with E-state index in [9.17, 15) is 14.4 Å². The van der Waals surface area contributed by atoms with Crippen LogP contribution in [0.5, 0.6) is 23.0 Å². The van der Waals surface area contributed by atoms with Crippen LogP contribution in [0.2, 0.25) is 0 Å². The molecule has 0 aromatic heterocycles. The lowest BCUT2D eigenvalue weighted by Crippen LogP contribution is -2.47. The Morgan fingerprint density at radius 2 is 1.17 bits per heavy atom. The molecule has 3 heterocycles. The SMILES string of the molecule is CCN1CCN(CCC(=O)OC(C(=O)Oc2c(C)c(C)c3c(c2C)CCC(C)O3)C(=O)Oc2c(C)c(C)c3c(c2C)OC(C)CC3)CC1. The van der Waals surface area contributed by atoms with Gasteiger partial charge in [-0.15, -0.1) is 0 Å². The summed E-state index contributed by atoms with van der Waals surface area (Å²) in [5, 5.41) is 0. The van der Waals surface area contributed by atoms with Gasteiger partial charge in [0.25, 0.3) is 6.10 Å². The zero-order valence-corrected chi connectivity index (χ0v) is 30.2. The second-order valence-electron chi connectivity index (χ2n) is 13.7. The fourth-order valence-electron chi connectivity index (χ4n) is 7.05. The van der Waals surface area contributed by atoms with Gasteiger partial charge in [-0.3, -0.25) is 4.79 Å². The molecule has 0 amide bonds. The van der Waals surface area contributed by atoms with Gasteiger partial charge in [0.05, 0.1) is 18.6 Å². The summed E-state index contributed by atoms with van der Waals surface area (Å²) in [6.45, 7) is 22.5. The highest BCUT2D eigenvalue weighted by molar-refractivity contribution is 6.01. The maximum atomic E-state index is 13.9. The number of carbonyl (C=O) groups is 3. The van der Waals surface area contributed by atoms with Gasteiger partial charge in [0, 0.05) is 43.9 Å². The minimum absolute atomic E-state index is 0.0238. The van der Waals surface area contributed by atoms with Crippen LogP contribution in [-0.4, -0.2) is 85.3 Å². The van der Waals surface area contributed by atoms with E-state index in [1.807, 2.05) is 55.4 Å². The minimum atomic E-state index is -1.92. The van der Waals surface area contributed by atoms with E-state index in [0.29, 0.717) is 29.4 Å². The fourth-order valence-corrected chi connectivity index (χ4v) is 7.05. The average Bonchev–Trinajstić information content (AvgIpc) is 3.07. The summed E-state index contributed by atoms with van der Waals surface area (Å²) in [5.41, 5.74) is 6.84. The van der Waals surface area contributed by atoms with E-state index in [0.717, 1.165) is 103 Å². The lowest BCUT2D eigenvalue weighted by Gasteiger charge is -2.33. The summed E-state index contributed by atoms with van der Waals surface area (Å²) >= 11 is 0. The van der Waals surface area contributed by atoms with Crippen LogP contribution in [0, 0.1) is 41.5 Å². The standard InChI is InChI=1S/C38H52N2O8/c1-10-39-17-19-40(20-18-39)16-15-31(41)46-36(37(42)47-32-25(6)26(7)34-30(27(32)8)14-12-21(2)44-34)38(43)48-33-24(5)23(4)29-13-11-22(3)45-35(29)28(33)9/h21-22,36H,10-20H2,1-9H3. The molecule has 10 nitrogen and oxygen atoms in total. The highest BCUT2D eigenvalue weighted by Crippen LogP contribution is 2.43. The molecule has 48 heavy (non-hydrogen) atoms. The highest BCUT2D eigenvalue weighted by Gasteiger charge is 2.38. The van der Waals surface area contributed by atoms with E-state index in [1.165, 1.54) is 0 Å². The Hall–Kier alpha value is -3.63. The third kappa shape index (κ3) is 7.34. The molecule has 0 spiro atoms. The molecule has 0 aliphatic carbocycles. The van der Waals surface area contributed by atoms with E-state index in [4.69, 9.17) is 23.7 Å². The normalized spacial score (nSPS) is 20.1. The molecule has 0 radical (unpaired) electrons. The second kappa shape index (κ2) is 14.9. The lowest BCUT2D eigenvalue weighted by molar-refractivity contribution is -0.172. The Morgan fingerprint density at radius 1 is 0.688 bits per heavy atom. The molecule has 10 heteroatoms. The fraction of sp³-hybridized carbons (Fsp3) is 0.605. The predicted molar refractivity (Wildman–Crippen MR) is 182 cm³/mol.